The number of aromatic nitrogens is 2. The van der Waals surface area contributed by atoms with Crippen LogP contribution >= 0.6 is 11.6 Å². The molecule has 0 aliphatic heterocycles. The molecule has 1 atom stereocenters. The molecule has 5 rings (SSSR count). The number of halogens is 1. The van der Waals surface area contributed by atoms with Crippen LogP contribution in [0.1, 0.15) is 105 Å². The second-order valence-electron chi connectivity index (χ2n) is 11.6. The average molecular weight is 525 g/mol. The molecule has 1 N–H and O–H groups in total. The molecule has 2 heterocycles. The summed E-state index contributed by atoms with van der Waals surface area (Å²) in [4.78, 5) is 24.6. The van der Waals surface area contributed by atoms with Crippen LogP contribution in [0.4, 0.5) is 0 Å². The van der Waals surface area contributed by atoms with E-state index in [9.17, 15) is 14.7 Å². The summed E-state index contributed by atoms with van der Waals surface area (Å²) in [6.45, 7) is 6.45. The molecule has 7 nitrogen and oxygen atoms in total. The van der Waals surface area contributed by atoms with Crippen molar-refractivity contribution in [3.05, 3.63) is 57.4 Å². The minimum atomic E-state index is -0.903. The number of carboxylic acid groups (broad SMARTS) is 1. The molecule has 2 saturated carbocycles. The predicted molar refractivity (Wildman–Crippen MR) is 139 cm³/mol. The average Bonchev–Trinajstić information content (AvgIpc) is 3.36. The highest BCUT2D eigenvalue weighted by Crippen LogP contribution is 2.52. The first-order chi connectivity index (χ1) is 17.6. The topological polar surface area (TPSA) is 106 Å². The molecule has 0 radical (unpaired) electrons. The number of carbonyl (C=O) groups is 2. The fourth-order valence-electron chi connectivity index (χ4n) is 5.61. The van der Waals surface area contributed by atoms with E-state index < -0.39 is 5.97 Å². The SMILES string of the molecule is Cc1ccc(CC(=O)C[C@H](CCC(=O)O)c2noc(-c3cc(C4CC(C)(C)C4)on3)c2C2CC2)c(Cl)c1. The number of hydrogen-bond acceptors (Lipinski definition) is 6. The molecule has 0 spiro atoms. The zero-order chi connectivity index (χ0) is 26.3. The third-order valence-electron chi connectivity index (χ3n) is 7.67. The maximum absolute atomic E-state index is 13.1. The number of benzene rings is 1. The van der Waals surface area contributed by atoms with Crippen LogP contribution in [0, 0.1) is 12.3 Å². The number of carbonyl (C=O) groups excluding carboxylic acids is 1. The van der Waals surface area contributed by atoms with Crippen LogP contribution in [0.15, 0.2) is 33.3 Å². The standard InChI is InChI=1S/C29H33ClN2O5/c1-16-4-5-18(22(30)10-16)11-21(33)12-19(8-9-25(34)35)27-26(17-6-7-17)28(37-32-27)23-13-24(36-31-23)20-14-29(2,3)15-20/h4-5,10,13,17,19-20H,6-9,11-12,14-15H2,1-3H3,(H,34,35)/t19-/m0/s1. The predicted octanol–water partition coefficient (Wildman–Crippen LogP) is 7.22. The van der Waals surface area contributed by atoms with Crippen LogP contribution in [-0.2, 0) is 16.0 Å². The molecule has 8 heteroatoms. The number of nitrogens with zero attached hydrogens (tertiary/aromatic N) is 2. The van der Waals surface area contributed by atoms with Gasteiger partial charge in [-0.1, -0.05) is 47.9 Å². The van der Waals surface area contributed by atoms with Gasteiger partial charge in [0.2, 0.25) is 0 Å². The van der Waals surface area contributed by atoms with E-state index in [1.54, 1.807) is 0 Å². The van der Waals surface area contributed by atoms with Gasteiger partial charge in [-0.15, -0.1) is 0 Å². The fourth-order valence-corrected chi connectivity index (χ4v) is 5.91. The Morgan fingerprint density at radius 3 is 2.54 bits per heavy atom. The number of carboxylic acids is 1. The molecule has 0 saturated heterocycles. The second kappa shape index (κ2) is 10.1. The summed E-state index contributed by atoms with van der Waals surface area (Å²) in [5.41, 5.74) is 4.37. The third-order valence-corrected chi connectivity index (χ3v) is 8.02. The van der Waals surface area contributed by atoms with Crippen molar-refractivity contribution in [1.82, 2.24) is 10.3 Å². The Balaban J connectivity index is 1.39. The number of aliphatic carboxylic acids is 1. The summed E-state index contributed by atoms with van der Waals surface area (Å²) in [5.74, 6) is 0.802. The van der Waals surface area contributed by atoms with Crippen LogP contribution in [-0.4, -0.2) is 27.2 Å². The van der Waals surface area contributed by atoms with Gasteiger partial charge in [0.15, 0.2) is 11.5 Å². The Morgan fingerprint density at radius 1 is 1.14 bits per heavy atom. The molecule has 3 aromatic rings. The van der Waals surface area contributed by atoms with Crippen LogP contribution in [0.2, 0.25) is 5.02 Å². The number of hydrogen-bond donors (Lipinski definition) is 1. The first-order valence-corrected chi connectivity index (χ1v) is 13.4. The molecule has 2 aliphatic rings. The Morgan fingerprint density at radius 2 is 1.89 bits per heavy atom. The summed E-state index contributed by atoms with van der Waals surface area (Å²) in [6, 6.07) is 7.60. The smallest absolute Gasteiger partial charge is 0.303 e. The van der Waals surface area contributed by atoms with E-state index in [-0.39, 0.29) is 36.9 Å². The molecule has 0 bridgehead atoms. The van der Waals surface area contributed by atoms with Crippen molar-refractivity contribution in [2.45, 2.75) is 89.9 Å². The quantitative estimate of drug-likeness (QED) is 0.282. The Bertz CT molecular complexity index is 1310. The van der Waals surface area contributed by atoms with Crippen molar-refractivity contribution in [3.63, 3.8) is 0 Å². The van der Waals surface area contributed by atoms with E-state index in [2.05, 4.69) is 24.2 Å². The van der Waals surface area contributed by atoms with Crippen LogP contribution in [0.3, 0.4) is 0 Å². The number of ketones is 1. The van der Waals surface area contributed by atoms with Gasteiger partial charge in [-0.05, 0) is 67.6 Å². The van der Waals surface area contributed by atoms with E-state index in [1.165, 1.54) is 0 Å². The van der Waals surface area contributed by atoms with E-state index in [1.807, 2.05) is 31.2 Å². The van der Waals surface area contributed by atoms with Crippen LogP contribution in [0.5, 0.6) is 0 Å². The van der Waals surface area contributed by atoms with Gasteiger partial charge < -0.3 is 14.2 Å². The molecule has 196 valence electrons. The monoisotopic (exact) mass is 524 g/mol. The lowest BCUT2D eigenvalue weighted by atomic mass is 9.64. The lowest BCUT2D eigenvalue weighted by molar-refractivity contribution is -0.137. The highest BCUT2D eigenvalue weighted by atomic mass is 35.5. The van der Waals surface area contributed by atoms with Crippen LogP contribution < -0.4 is 0 Å². The maximum atomic E-state index is 13.1. The highest BCUT2D eigenvalue weighted by Gasteiger charge is 2.41. The highest BCUT2D eigenvalue weighted by molar-refractivity contribution is 6.31. The normalized spacial score (nSPS) is 17.9. The molecule has 0 unspecified atom stereocenters. The zero-order valence-corrected chi connectivity index (χ0v) is 22.3. The molecule has 0 amide bonds. The van der Waals surface area contributed by atoms with Gasteiger partial charge in [-0.25, -0.2) is 0 Å². The van der Waals surface area contributed by atoms with Gasteiger partial charge >= 0.3 is 5.97 Å². The van der Waals surface area contributed by atoms with Crippen molar-refractivity contribution in [2.24, 2.45) is 5.41 Å². The van der Waals surface area contributed by atoms with E-state index >= 15 is 0 Å². The van der Waals surface area contributed by atoms with Crippen LogP contribution in [0.25, 0.3) is 11.5 Å². The number of aryl methyl sites for hydroxylation is 1. The molecule has 2 aliphatic carbocycles. The van der Waals surface area contributed by atoms with E-state index in [0.29, 0.717) is 39.9 Å². The lowest BCUT2D eigenvalue weighted by Crippen LogP contribution is -2.29. The van der Waals surface area contributed by atoms with Gasteiger partial charge in [0.05, 0.1) is 5.69 Å². The van der Waals surface area contributed by atoms with Gasteiger partial charge in [0.1, 0.15) is 11.5 Å². The van der Waals surface area contributed by atoms with Crippen molar-refractivity contribution >= 4 is 23.4 Å². The molecular weight excluding hydrogens is 492 g/mol. The number of rotatable bonds is 11. The Hall–Kier alpha value is -2.93. The minimum Gasteiger partial charge on any atom is -0.481 e. The summed E-state index contributed by atoms with van der Waals surface area (Å²) < 4.78 is 11.5. The van der Waals surface area contributed by atoms with Gasteiger partial charge in [-0.3, -0.25) is 9.59 Å². The molecule has 2 aromatic heterocycles. The summed E-state index contributed by atoms with van der Waals surface area (Å²) in [6.07, 6.45) is 4.73. The molecular formula is C29H33ClN2O5. The first-order valence-electron chi connectivity index (χ1n) is 13.0. The van der Waals surface area contributed by atoms with Gasteiger partial charge in [-0.2, -0.15) is 0 Å². The van der Waals surface area contributed by atoms with Gasteiger partial charge in [0.25, 0.3) is 0 Å². The Labute approximate surface area is 221 Å². The fraction of sp³-hybridized carbons (Fsp3) is 0.517. The second-order valence-corrected chi connectivity index (χ2v) is 12.0. The third kappa shape index (κ3) is 5.82. The van der Waals surface area contributed by atoms with Crippen molar-refractivity contribution < 1.29 is 23.7 Å². The molecule has 37 heavy (non-hydrogen) atoms. The van der Waals surface area contributed by atoms with Crippen molar-refractivity contribution in [3.8, 4) is 11.5 Å². The molecule has 2 fully saturated rings. The van der Waals surface area contributed by atoms with Gasteiger partial charge in [0, 0.05) is 47.8 Å². The number of Topliss-reactive ketones (excluding diaryl/α,β-unsaturated/α-hetero) is 1. The molecule has 1 aromatic carbocycles. The minimum absolute atomic E-state index is 0.0104. The zero-order valence-electron chi connectivity index (χ0n) is 21.6. The largest absolute Gasteiger partial charge is 0.481 e. The maximum Gasteiger partial charge on any atom is 0.303 e. The summed E-state index contributed by atoms with van der Waals surface area (Å²) in [5, 5.41) is 18.6. The summed E-state index contributed by atoms with van der Waals surface area (Å²) in [7, 11) is 0. The Kier molecular flexibility index (Phi) is 7.01. The van der Waals surface area contributed by atoms with Crippen molar-refractivity contribution in [1.29, 1.82) is 0 Å². The first kappa shape index (κ1) is 25.7. The van der Waals surface area contributed by atoms with E-state index in [4.69, 9.17) is 20.6 Å². The van der Waals surface area contributed by atoms with E-state index in [0.717, 1.165) is 48.1 Å². The van der Waals surface area contributed by atoms with Crippen molar-refractivity contribution in [2.75, 3.05) is 0 Å². The lowest BCUT2D eigenvalue weighted by Gasteiger charge is -2.41. The summed E-state index contributed by atoms with van der Waals surface area (Å²) >= 11 is 6.36.